The van der Waals surface area contributed by atoms with E-state index in [4.69, 9.17) is 5.73 Å². The Hall–Kier alpha value is -2.53. The van der Waals surface area contributed by atoms with Gasteiger partial charge in [0.05, 0.1) is 5.69 Å². The zero-order chi connectivity index (χ0) is 21.8. The van der Waals surface area contributed by atoms with Gasteiger partial charge >= 0.3 is 0 Å². The lowest BCUT2D eigenvalue weighted by Gasteiger charge is -2.42. The molecule has 1 fully saturated rings. The standard InChI is InChI=1S/C25H28N2O2S/c1-15-11-18-19(25(4,5)10-9-24(18,2)3)14-20(15)27-21(22(28)30-23(27)29)13-16-7-6-8-17(26)12-16/h6-8,11-14H,9-10,26H2,1-5H3. The zero-order valence-electron chi connectivity index (χ0n) is 18.2. The van der Waals surface area contributed by atoms with E-state index in [1.807, 2.05) is 19.1 Å². The smallest absolute Gasteiger partial charge is 0.298 e. The third-order valence-electron chi connectivity index (χ3n) is 6.44. The number of thioether (sulfide) groups is 1. The van der Waals surface area contributed by atoms with Gasteiger partial charge in [0.2, 0.25) is 5.12 Å². The Bertz CT molecular complexity index is 1100. The summed E-state index contributed by atoms with van der Waals surface area (Å²) in [5.74, 6) is 0. The summed E-state index contributed by atoms with van der Waals surface area (Å²) >= 11 is 0.749. The molecule has 4 rings (SSSR count). The molecule has 2 N–H and O–H groups in total. The summed E-state index contributed by atoms with van der Waals surface area (Å²) in [4.78, 5) is 27.1. The monoisotopic (exact) mass is 420 g/mol. The van der Waals surface area contributed by atoms with Gasteiger partial charge in [0.25, 0.3) is 5.24 Å². The normalized spacial score (nSPS) is 21.2. The molecule has 30 heavy (non-hydrogen) atoms. The van der Waals surface area contributed by atoms with Crippen LogP contribution >= 0.6 is 11.8 Å². The molecular formula is C25H28N2O2S. The lowest BCUT2D eigenvalue weighted by molar-refractivity contribution is -0.107. The van der Waals surface area contributed by atoms with Crippen LogP contribution in [0.4, 0.5) is 16.2 Å². The van der Waals surface area contributed by atoms with E-state index in [-0.39, 0.29) is 21.2 Å². The highest BCUT2D eigenvalue weighted by Crippen LogP contribution is 2.49. The molecular weight excluding hydrogens is 392 g/mol. The first kappa shape index (κ1) is 20.7. The molecule has 0 aromatic heterocycles. The Morgan fingerprint density at radius 3 is 2.27 bits per heavy atom. The summed E-state index contributed by atoms with van der Waals surface area (Å²) in [6, 6.07) is 11.7. The van der Waals surface area contributed by atoms with Gasteiger partial charge in [-0.05, 0) is 77.1 Å². The summed E-state index contributed by atoms with van der Waals surface area (Å²) in [7, 11) is 0. The summed E-state index contributed by atoms with van der Waals surface area (Å²) in [6.07, 6.45) is 3.97. The molecule has 0 atom stereocenters. The van der Waals surface area contributed by atoms with Crippen LogP contribution in [0.3, 0.4) is 0 Å². The van der Waals surface area contributed by atoms with E-state index in [1.54, 1.807) is 23.1 Å². The predicted molar refractivity (Wildman–Crippen MR) is 126 cm³/mol. The van der Waals surface area contributed by atoms with Crippen LogP contribution in [0.25, 0.3) is 6.08 Å². The van der Waals surface area contributed by atoms with Crippen molar-refractivity contribution in [3.63, 3.8) is 0 Å². The van der Waals surface area contributed by atoms with Crippen LogP contribution in [0.1, 0.15) is 62.8 Å². The maximum Gasteiger partial charge on any atom is 0.298 e. The van der Waals surface area contributed by atoms with Gasteiger partial charge in [-0.25, -0.2) is 0 Å². The van der Waals surface area contributed by atoms with Gasteiger partial charge in [-0.2, -0.15) is 0 Å². The first-order valence-electron chi connectivity index (χ1n) is 10.3. The SMILES string of the molecule is Cc1cc2c(cc1N1C(=O)SC(=O)C1=Cc1cccc(N)c1)C(C)(C)CCC2(C)C. The fourth-order valence-corrected chi connectivity index (χ4v) is 5.18. The van der Waals surface area contributed by atoms with Crippen molar-refractivity contribution < 1.29 is 9.59 Å². The van der Waals surface area contributed by atoms with E-state index in [1.165, 1.54) is 11.1 Å². The molecule has 0 unspecified atom stereocenters. The van der Waals surface area contributed by atoms with Crippen molar-refractivity contribution in [1.82, 2.24) is 0 Å². The molecule has 1 saturated heterocycles. The Labute approximate surface area is 182 Å². The zero-order valence-corrected chi connectivity index (χ0v) is 19.0. The Balaban J connectivity index is 1.88. The van der Waals surface area contributed by atoms with Crippen LogP contribution in [0.15, 0.2) is 42.1 Å². The first-order chi connectivity index (χ1) is 14.0. The van der Waals surface area contributed by atoms with Crippen molar-refractivity contribution in [2.24, 2.45) is 0 Å². The van der Waals surface area contributed by atoms with Crippen LogP contribution in [-0.4, -0.2) is 10.4 Å². The maximum absolute atomic E-state index is 12.9. The van der Waals surface area contributed by atoms with Crippen LogP contribution < -0.4 is 10.6 Å². The summed E-state index contributed by atoms with van der Waals surface area (Å²) in [5, 5.41) is -0.495. The number of aryl methyl sites for hydroxylation is 1. The average molecular weight is 421 g/mol. The molecule has 2 aromatic rings. The van der Waals surface area contributed by atoms with E-state index < -0.39 is 0 Å². The van der Waals surface area contributed by atoms with Gasteiger partial charge in [-0.3, -0.25) is 14.5 Å². The fourth-order valence-electron chi connectivity index (χ4n) is 4.48. The lowest BCUT2D eigenvalue weighted by atomic mass is 9.63. The number of rotatable bonds is 2. The summed E-state index contributed by atoms with van der Waals surface area (Å²) < 4.78 is 0. The Kier molecular flexibility index (Phi) is 4.85. The molecule has 0 radical (unpaired) electrons. The second-order valence-corrected chi connectivity index (χ2v) is 10.6. The van der Waals surface area contributed by atoms with E-state index in [0.29, 0.717) is 11.4 Å². The third kappa shape index (κ3) is 3.45. The minimum Gasteiger partial charge on any atom is -0.399 e. The first-order valence-corrected chi connectivity index (χ1v) is 11.1. The molecule has 156 valence electrons. The maximum atomic E-state index is 12.9. The number of nitrogen functional groups attached to an aromatic ring is 1. The molecule has 1 aliphatic carbocycles. The van der Waals surface area contributed by atoms with Gasteiger partial charge in [0.15, 0.2) is 0 Å². The number of carbonyl (C=O) groups is 2. The van der Waals surface area contributed by atoms with Gasteiger partial charge in [-0.15, -0.1) is 0 Å². The number of anilines is 2. The summed E-state index contributed by atoms with van der Waals surface area (Å²) in [5.41, 5.74) is 12.2. The van der Waals surface area contributed by atoms with Crippen LogP contribution in [0.2, 0.25) is 0 Å². The van der Waals surface area contributed by atoms with Crippen molar-refractivity contribution in [3.8, 4) is 0 Å². The van der Waals surface area contributed by atoms with Crippen molar-refractivity contribution in [3.05, 3.63) is 64.3 Å². The largest absolute Gasteiger partial charge is 0.399 e. The molecule has 2 aromatic carbocycles. The van der Waals surface area contributed by atoms with Gasteiger partial charge in [-0.1, -0.05) is 45.9 Å². The Morgan fingerprint density at radius 2 is 1.63 bits per heavy atom. The van der Waals surface area contributed by atoms with Crippen LogP contribution in [0, 0.1) is 6.92 Å². The molecule has 0 bridgehead atoms. The molecule has 0 spiro atoms. The van der Waals surface area contributed by atoms with Gasteiger partial charge < -0.3 is 5.73 Å². The van der Waals surface area contributed by atoms with Gasteiger partial charge in [0.1, 0.15) is 5.70 Å². The second-order valence-electron chi connectivity index (χ2n) is 9.64. The number of nitrogens with two attached hydrogens (primary N) is 1. The number of fused-ring (bicyclic) bond motifs is 1. The molecule has 4 nitrogen and oxygen atoms in total. The van der Waals surface area contributed by atoms with E-state index >= 15 is 0 Å². The number of carbonyl (C=O) groups excluding carboxylic acids is 2. The van der Waals surface area contributed by atoms with Crippen LogP contribution in [-0.2, 0) is 15.6 Å². The molecule has 1 aliphatic heterocycles. The summed E-state index contributed by atoms with van der Waals surface area (Å²) in [6.45, 7) is 11.1. The minimum atomic E-state index is -0.258. The van der Waals surface area contributed by atoms with Crippen molar-refractivity contribution in [1.29, 1.82) is 0 Å². The fraction of sp³-hybridized carbons (Fsp3) is 0.360. The molecule has 1 heterocycles. The molecule has 0 saturated carbocycles. The highest BCUT2D eigenvalue weighted by Gasteiger charge is 2.41. The molecule has 1 amide bonds. The minimum absolute atomic E-state index is 0.0188. The Morgan fingerprint density at radius 1 is 1.00 bits per heavy atom. The van der Waals surface area contributed by atoms with E-state index in [9.17, 15) is 9.59 Å². The van der Waals surface area contributed by atoms with Crippen LogP contribution in [0.5, 0.6) is 0 Å². The highest BCUT2D eigenvalue weighted by molar-refractivity contribution is 8.27. The van der Waals surface area contributed by atoms with Crippen molar-refractivity contribution in [2.75, 3.05) is 10.6 Å². The second kappa shape index (κ2) is 7.02. The highest BCUT2D eigenvalue weighted by atomic mass is 32.2. The van der Waals surface area contributed by atoms with Crippen molar-refractivity contribution >= 4 is 39.6 Å². The third-order valence-corrected chi connectivity index (χ3v) is 7.19. The molecule has 5 heteroatoms. The average Bonchev–Trinajstić information content (AvgIpc) is 2.92. The molecule has 2 aliphatic rings. The van der Waals surface area contributed by atoms with Crippen molar-refractivity contribution in [2.45, 2.75) is 58.3 Å². The van der Waals surface area contributed by atoms with Gasteiger partial charge in [0, 0.05) is 17.4 Å². The number of amides is 1. The van der Waals surface area contributed by atoms with E-state index in [2.05, 4.69) is 39.8 Å². The number of benzene rings is 2. The lowest BCUT2D eigenvalue weighted by Crippen LogP contribution is -2.34. The van der Waals surface area contributed by atoms with E-state index in [0.717, 1.165) is 41.4 Å². The number of nitrogens with zero attached hydrogens (tertiary/aromatic N) is 1. The number of hydrogen-bond donors (Lipinski definition) is 1. The number of hydrogen-bond acceptors (Lipinski definition) is 4. The quantitative estimate of drug-likeness (QED) is 0.466. The predicted octanol–water partition coefficient (Wildman–Crippen LogP) is 6.17. The topological polar surface area (TPSA) is 63.4 Å².